The molecule has 0 radical (unpaired) electrons. The third-order valence-electron chi connectivity index (χ3n) is 5.17. The Morgan fingerprint density at radius 2 is 1.96 bits per heavy atom. The predicted molar refractivity (Wildman–Crippen MR) is 106 cm³/mol. The van der Waals surface area contributed by atoms with Crippen LogP contribution in [0.3, 0.4) is 0 Å². The molecule has 27 heavy (non-hydrogen) atoms. The fourth-order valence-electron chi connectivity index (χ4n) is 3.62. The molecule has 1 aromatic carbocycles. The number of aryl methyl sites for hydroxylation is 1. The zero-order valence-electron chi connectivity index (χ0n) is 15.9. The van der Waals surface area contributed by atoms with Gasteiger partial charge in [0.1, 0.15) is 5.82 Å². The minimum atomic E-state index is 0.486. The predicted octanol–water partition coefficient (Wildman–Crippen LogP) is 4.00. The number of pyridine rings is 1. The van der Waals surface area contributed by atoms with Crippen LogP contribution < -0.4 is 5.32 Å². The van der Waals surface area contributed by atoms with Crippen LogP contribution in [0, 0.1) is 6.92 Å². The lowest BCUT2D eigenvalue weighted by Gasteiger charge is -2.23. The van der Waals surface area contributed by atoms with E-state index in [4.69, 9.17) is 4.42 Å². The summed E-state index contributed by atoms with van der Waals surface area (Å²) in [5, 5.41) is 12.0. The highest BCUT2D eigenvalue weighted by Crippen LogP contribution is 2.28. The van der Waals surface area contributed by atoms with E-state index in [9.17, 15) is 0 Å². The fraction of sp³-hybridized carbons (Fsp3) is 0.381. The number of likely N-dealkylation sites (tertiary alicyclic amines) is 1. The Morgan fingerprint density at radius 1 is 1.15 bits per heavy atom. The maximum Gasteiger partial charge on any atom is 0.251 e. The summed E-state index contributed by atoms with van der Waals surface area (Å²) in [5.41, 5.74) is 2.96. The van der Waals surface area contributed by atoms with Crippen LogP contribution in [-0.2, 0) is 0 Å². The monoisotopic (exact) mass is 363 g/mol. The van der Waals surface area contributed by atoms with Gasteiger partial charge in [0.2, 0.25) is 5.89 Å². The van der Waals surface area contributed by atoms with Gasteiger partial charge in [-0.05, 0) is 57.1 Å². The zero-order chi connectivity index (χ0) is 18.6. The maximum atomic E-state index is 5.94. The summed E-state index contributed by atoms with van der Waals surface area (Å²) in [5.74, 6) is 1.80. The summed E-state index contributed by atoms with van der Waals surface area (Å²) >= 11 is 0. The van der Waals surface area contributed by atoms with Crippen molar-refractivity contribution >= 4 is 5.82 Å². The van der Waals surface area contributed by atoms with Gasteiger partial charge in [-0.1, -0.05) is 24.6 Å². The average molecular weight is 363 g/mol. The van der Waals surface area contributed by atoms with Gasteiger partial charge in [0, 0.05) is 24.3 Å². The van der Waals surface area contributed by atoms with E-state index < -0.39 is 0 Å². The molecule has 1 atom stereocenters. The molecule has 140 valence electrons. The van der Waals surface area contributed by atoms with Crippen molar-refractivity contribution in [3.8, 4) is 22.9 Å². The van der Waals surface area contributed by atoms with Crippen molar-refractivity contribution < 1.29 is 4.42 Å². The summed E-state index contributed by atoms with van der Waals surface area (Å²) in [6.45, 7) is 7.42. The van der Waals surface area contributed by atoms with Gasteiger partial charge in [-0.25, -0.2) is 4.98 Å². The Bertz CT molecular complexity index is 890. The molecule has 0 unspecified atom stereocenters. The zero-order valence-corrected chi connectivity index (χ0v) is 15.9. The van der Waals surface area contributed by atoms with Crippen molar-refractivity contribution in [2.45, 2.75) is 32.7 Å². The largest absolute Gasteiger partial charge is 0.416 e. The van der Waals surface area contributed by atoms with E-state index >= 15 is 0 Å². The summed E-state index contributed by atoms with van der Waals surface area (Å²) in [4.78, 5) is 7.01. The van der Waals surface area contributed by atoms with E-state index in [0.717, 1.165) is 30.0 Å². The van der Waals surface area contributed by atoms with Gasteiger partial charge < -0.3 is 9.73 Å². The molecule has 1 saturated heterocycles. The molecule has 0 amide bonds. The third kappa shape index (κ3) is 3.85. The van der Waals surface area contributed by atoms with Gasteiger partial charge in [-0.2, -0.15) is 0 Å². The summed E-state index contributed by atoms with van der Waals surface area (Å²) in [7, 11) is 0. The maximum absolute atomic E-state index is 5.94. The standard InChI is InChI=1S/C21H25N5O/c1-3-26-13-5-6-17(26)14-23-19-18(7-4-12-22-19)21-25-24-20(27-21)16-10-8-15(2)9-11-16/h4,7-12,17H,3,5-6,13-14H2,1-2H3,(H,22,23)/t17-/m0/s1. The Labute approximate surface area is 159 Å². The van der Waals surface area contributed by atoms with Crippen molar-refractivity contribution in [3.63, 3.8) is 0 Å². The molecule has 6 heteroatoms. The minimum absolute atomic E-state index is 0.486. The number of rotatable bonds is 6. The molecular formula is C21H25N5O. The van der Waals surface area contributed by atoms with E-state index in [1.807, 2.05) is 36.4 Å². The van der Waals surface area contributed by atoms with Gasteiger partial charge in [-0.3, -0.25) is 4.90 Å². The SMILES string of the molecule is CCN1CCC[C@H]1CNc1ncccc1-c1nnc(-c2ccc(C)cc2)o1. The van der Waals surface area contributed by atoms with Crippen LogP contribution in [0.5, 0.6) is 0 Å². The smallest absolute Gasteiger partial charge is 0.251 e. The summed E-state index contributed by atoms with van der Waals surface area (Å²) < 4.78 is 5.94. The second kappa shape index (κ2) is 7.88. The van der Waals surface area contributed by atoms with Gasteiger partial charge in [0.25, 0.3) is 5.89 Å². The molecule has 0 aliphatic carbocycles. The molecular weight excluding hydrogens is 338 g/mol. The lowest BCUT2D eigenvalue weighted by atomic mass is 10.1. The van der Waals surface area contributed by atoms with E-state index in [-0.39, 0.29) is 0 Å². The first-order valence-electron chi connectivity index (χ1n) is 9.58. The molecule has 4 rings (SSSR count). The van der Waals surface area contributed by atoms with Crippen LogP contribution in [0.4, 0.5) is 5.82 Å². The van der Waals surface area contributed by atoms with E-state index in [1.165, 1.54) is 24.9 Å². The second-order valence-electron chi connectivity index (χ2n) is 6.98. The second-order valence-corrected chi connectivity index (χ2v) is 6.98. The van der Waals surface area contributed by atoms with Gasteiger partial charge in [0.05, 0.1) is 5.56 Å². The number of anilines is 1. The molecule has 2 aromatic heterocycles. The van der Waals surface area contributed by atoms with Gasteiger partial charge in [-0.15, -0.1) is 10.2 Å². The summed E-state index contributed by atoms with van der Waals surface area (Å²) in [6, 6.07) is 12.5. The topological polar surface area (TPSA) is 67.1 Å². The molecule has 0 saturated carbocycles. The van der Waals surface area contributed by atoms with Crippen LogP contribution in [0.25, 0.3) is 22.9 Å². The molecule has 1 N–H and O–H groups in total. The highest BCUT2D eigenvalue weighted by Gasteiger charge is 2.23. The number of benzene rings is 1. The van der Waals surface area contributed by atoms with Crippen molar-refractivity contribution in [2.75, 3.05) is 25.0 Å². The van der Waals surface area contributed by atoms with Crippen LogP contribution in [0.2, 0.25) is 0 Å². The van der Waals surface area contributed by atoms with E-state index in [1.54, 1.807) is 6.20 Å². The number of hydrogen-bond acceptors (Lipinski definition) is 6. The lowest BCUT2D eigenvalue weighted by molar-refractivity contribution is 0.277. The molecule has 0 spiro atoms. The molecule has 1 aliphatic rings. The van der Waals surface area contributed by atoms with Crippen molar-refractivity contribution in [3.05, 3.63) is 48.2 Å². The highest BCUT2D eigenvalue weighted by atomic mass is 16.4. The van der Waals surface area contributed by atoms with Crippen LogP contribution in [0.1, 0.15) is 25.3 Å². The first-order valence-corrected chi connectivity index (χ1v) is 9.58. The number of likely N-dealkylation sites (N-methyl/N-ethyl adjacent to an activating group) is 1. The van der Waals surface area contributed by atoms with E-state index in [2.05, 4.69) is 39.2 Å². The average Bonchev–Trinajstić information content (AvgIpc) is 3.36. The third-order valence-corrected chi connectivity index (χ3v) is 5.17. The van der Waals surface area contributed by atoms with Gasteiger partial charge in [0.15, 0.2) is 0 Å². The number of nitrogens with zero attached hydrogens (tertiary/aromatic N) is 4. The number of hydrogen-bond donors (Lipinski definition) is 1. The van der Waals surface area contributed by atoms with Crippen LogP contribution >= 0.6 is 0 Å². The van der Waals surface area contributed by atoms with Crippen molar-refractivity contribution in [1.29, 1.82) is 0 Å². The Balaban J connectivity index is 1.53. The molecule has 3 aromatic rings. The molecule has 0 bridgehead atoms. The first kappa shape index (κ1) is 17.7. The molecule has 3 heterocycles. The fourth-order valence-corrected chi connectivity index (χ4v) is 3.62. The van der Waals surface area contributed by atoms with Crippen LogP contribution in [-0.4, -0.2) is 45.8 Å². The Hall–Kier alpha value is -2.73. The van der Waals surface area contributed by atoms with Gasteiger partial charge >= 0.3 is 0 Å². The molecule has 6 nitrogen and oxygen atoms in total. The van der Waals surface area contributed by atoms with Crippen molar-refractivity contribution in [2.24, 2.45) is 0 Å². The lowest BCUT2D eigenvalue weighted by Crippen LogP contribution is -2.34. The van der Waals surface area contributed by atoms with Crippen molar-refractivity contribution in [1.82, 2.24) is 20.1 Å². The molecule has 1 aliphatic heterocycles. The Kier molecular flexibility index (Phi) is 5.16. The van der Waals surface area contributed by atoms with Crippen LogP contribution in [0.15, 0.2) is 47.0 Å². The molecule has 1 fully saturated rings. The van der Waals surface area contributed by atoms with E-state index in [0.29, 0.717) is 17.8 Å². The highest BCUT2D eigenvalue weighted by molar-refractivity contribution is 5.69. The normalized spacial score (nSPS) is 17.3. The quantitative estimate of drug-likeness (QED) is 0.714. The first-order chi connectivity index (χ1) is 13.2. The summed E-state index contributed by atoms with van der Waals surface area (Å²) in [6.07, 6.45) is 4.27. The Morgan fingerprint density at radius 3 is 2.78 bits per heavy atom. The minimum Gasteiger partial charge on any atom is -0.416 e. The number of aromatic nitrogens is 3. The number of nitrogens with one attached hydrogen (secondary N) is 1.